The van der Waals surface area contributed by atoms with E-state index in [0.29, 0.717) is 0 Å². The fourth-order valence-electron chi connectivity index (χ4n) is 7.19. The molecule has 0 amide bonds. The Morgan fingerprint density at radius 3 is 1.89 bits per heavy atom. The van der Waals surface area contributed by atoms with Crippen LogP contribution in [0, 0.1) is 0 Å². The average Bonchev–Trinajstić information content (AvgIpc) is 3.30. The van der Waals surface area contributed by atoms with Crippen molar-refractivity contribution in [2.75, 3.05) is 4.90 Å². The summed E-state index contributed by atoms with van der Waals surface area (Å²) in [6.45, 7) is 0. The van der Waals surface area contributed by atoms with Gasteiger partial charge in [0.2, 0.25) is 0 Å². The molecule has 2 nitrogen and oxygen atoms in total. The summed E-state index contributed by atoms with van der Waals surface area (Å²) in [6, 6.07) is 59.3. The van der Waals surface area contributed by atoms with Gasteiger partial charge in [-0.05, 0) is 57.8 Å². The molecule has 45 heavy (non-hydrogen) atoms. The van der Waals surface area contributed by atoms with E-state index in [9.17, 15) is 0 Å². The molecule has 1 atom stereocenters. The third kappa shape index (κ3) is 3.86. The predicted molar refractivity (Wildman–Crippen MR) is 190 cm³/mol. The molecule has 1 unspecified atom stereocenters. The maximum Gasteiger partial charge on any atom is 0.172 e. The van der Waals surface area contributed by atoms with E-state index >= 15 is 4.57 Å². The quantitative estimate of drug-likeness (QED) is 0.190. The highest BCUT2D eigenvalue weighted by molar-refractivity contribution is 7.88. The Bertz CT molecular complexity index is 2370. The lowest BCUT2D eigenvalue weighted by atomic mass is 9.95. The minimum Gasteiger partial charge on any atom is -0.309 e. The molecule has 0 aliphatic carbocycles. The molecule has 0 bridgehead atoms. The Morgan fingerprint density at radius 1 is 0.444 bits per heavy atom. The third-order valence-corrected chi connectivity index (χ3v) is 12.4. The molecule has 3 heteroatoms. The number of hydrogen-bond acceptors (Lipinski definition) is 2. The Kier molecular flexibility index (Phi) is 5.81. The number of para-hydroxylation sites is 2. The zero-order valence-electron chi connectivity index (χ0n) is 24.5. The minimum atomic E-state index is -3.29. The van der Waals surface area contributed by atoms with Crippen molar-refractivity contribution in [1.82, 2.24) is 0 Å². The summed E-state index contributed by atoms with van der Waals surface area (Å²) in [6.07, 6.45) is 0. The van der Waals surface area contributed by atoms with Gasteiger partial charge in [0, 0.05) is 38.3 Å². The van der Waals surface area contributed by atoms with Crippen LogP contribution in [0.5, 0.6) is 0 Å². The second kappa shape index (κ2) is 10.1. The largest absolute Gasteiger partial charge is 0.309 e. The second-order valence-corrected chi connectivity index (χ2v) is 14.3. The van der Waals surface area contributed by atoms with Crippen LogP contribution in [-0.4, -0.2) is 0 Å². The summed E-state index contributed by atoms with van der Waals surface area (Å²) in [7, 11) is -3.29. The summed E-state index contributed by atoms with van der Waals surface area (Å²) < 4.78 is 16.2. The van der Waals surface area contributed by atoms with Crippen LogP contribution >= 0.6 is 7.14 Å². The maximum atomic E-state index is 16.2. The van der Waals surface area contributed by atoms with Gasteiger partial charge in [0.15, 0.2) is 7.14 Å². The van der Waals surface area contributed by atoms with Crippen molar-refractivity contribution in [3.8, 4) is 11.1 Å². The second-order valence-electron chi connectivity index (χ2n) is 11.7. The number of rotatable bonds is 3. The van der Waals surface area contributed by atoms with E-state index < -0.39 is 7.14 Å². The van der Waals surface area contributed by atoms with E-state index in [1.165, 1.54) is 5.56 Å². The Balaban J connectivity index is 1.36. The van der Waals surface area contributed by atoms with Gasteiger partial charge >= 0.3 is 0 Å². The summed E-state index contributed by atoms with van der Waals surface area (Å²) in [5.41, 5.74) is 9.67. The molecule has 212 valence electrons. The summed E-state index contributed by atoms with van der Waals surface area (Å²) in [5.74, 6) is 0. The maximum absolute atomic E-state index is 16.2. The molecule has 0 N–H and O–H groups in total. The summed E-state index contributed by atoms with van der Waals surface area (Å²) in [4.78, 5) is 2.35. The monoisotopic (exact) mass is 593 g/mol. The predicted octanol–water partition coefficient (Wildman–Crippen LogP) is 10.5. The summed E-state index contributed by atoms with van der Waals surface area (Å²) in [5, 5.41) is 4.94. The van der Waals surface area contributed by atoms with Gasteiger partial charge < -0.3 is 9.46 Å². The van der Waals surface area contributed by atoms with Gasteiger partial charge in [-0.25, -0.2) is 0 Å². The zero-order chi connectivity index (χ0) is 30.0. The fourth-order valence-corrected chi connectivity index (χ4v) is 10.5. The van der Waals surface area contributed by atoms with Crippen LogP contribution in [0.3, 0.4) is 0 Å². The Labute approximate surface area is 262 Å². The molecule has 0 spiro atoms. The van der Waals surface area contributed by atoms with Crippen molar-refractivity contribution in [3.63, 3.8) is 0 Å². The normalized spacial score (nSPS) is 16.5. The molecule has 0 fully saturated rings. The fraction of sp³-hybridized carbons (Fsp3) is 0. The lowest BCUT2D eigenvalue weighted by Crippen LogP contribution is -2.17. The highest BCUT2D eigenvalue weighted by atomic mass is 31.2. The number of hydrogen-bond donors (Lipinski definition) is 0. The van der Waals surface area contributed by atoms with Gasteiger partial charge in [-0.1, -0.05) is 140 Å². The van der Waals surface area contributed by atoms with E-state index in [1.807, 2.05) is 18.2 Å². The van der Waals surface area contributed by atoms with Crippen LogP contribution in [0.1, 0.15) is 16.7 Å². The lowest BCUT2D eigenvalue weighted by molar-refractivity contribution is 0.593. The molecule has 0 radical (unpaired) electrons. The number of nitrogens with zero attached hydrogens (tertiary/aromatic N) is 1. The summed E-state index contributed by atoms with van der Waals surface area (Å²) >= 11 is 0. The molecule has 7 aromatic carbocycles. The Morgan fingerprint density at radius 2 is 1.07 bits per heavy atom. The van der Waals surface area contributed by atoms with Crippen molar-refractivity contribution in [2.45, 2.75) is 0 Å². The first-order valence-corrected chi connectivity index (χ1v) is 17.0. The topological polar surface area (TPSA) is 20.3 Å². The van der Waals surface area contributed by atoms with E-state index in [2.05, 4.69) is 157 Å². The molecule has 0 aromatic heterocycles. The van der Waals surface area contributed by atoms with Crippen molar-refractivity contribution in [1.29, 1.82) is 0 Å². The first kappa shape index (κ1) is 26.0. The molecular weight excluding hydrogens is 565 g/mol. The van der Waals surface area contributed by atoms with Gasteiger partial charge in [0.25, 0.3) is 0 Å². The Hall–Kier alpha value is -5.43. The van der Waals surface area contributed by atoms with Crippen molar-refractivity contribution in [2.24, 2.45) is 0 Å². The van der Waals surface area contributed by atoms with E-state index in [0.717, 1.165) is 71.6 Å². The average molecular weight is 594 g/mol. The molecule has 0 saturated heterocycles. The molecule has 0 saturated carbocycles. The van der Waals surface area contributed by atoms with Crippen LogP contribution in [0.2, 0.25) is 0 Å². The lowest BCUT2D eigenvalue weighted by Gasteiger charge is -2.29. The molecule has 7 aromatic rings. The van der Waals surface area contributed by atoms with Crippen LogP contribution < -0.4 is 15.5 Å². The molecule has 9 rings (SSSR count). The van der Waals surface area contributed by atoms with Crippen LogP contribution in [0.4, 0.5) is 17.1 Å². The van der Waals surface area contributed by atoms with Gasteiger partial charge in [0.05, 0.1) is 11.4 Å². The zero-order valence-corrected chi connectivity index (χ0v) is 25.4. The highest BCUT2D eigenvalue weighted by Crippen LogP contribution is 2.68. The smallest absolute Gasteiger partial charge is 0.172 e. The molecule has 2 aliphatic heterocycles. The van der Waals surface area contributed by atoms with Gasteiger partial charge in [-0.15, -0.1) is 0 Å². The standard InChI is InChI=1S/C42H28NOP/c44-45(34-26-25-30-15-4-5-16-32(30)28-34)40-24-11-8-21-37(40)41-35-19-6-9-22-38(35)43(39-23-10-7-20-36(39)42(41)45)33-18-12-17-31(27-33)29-13-2-1-3-14-29/h1-28H. The van der Waals surface area contributed by atoms with Crippen LogP contribution in [0.25, 0.3) is 32.8 Å². The highest BCUT2D eigenvalue weighted by Gasteiger charge is 2.46. The van der Waals surface area contributed by atoms with Gasteiger partial charge in [-0.3, -0.25) is 0 Å². The number of anilines is 3. The van der Waals surface area contributed by atoms with Gasteiger partial charge in [-0.2, -0.15) is 0 Å². The number of fused-ring (bicyclic) bond motifs is 7. The van der Waals surface area contributed by atoms with Gasteiger partial charge in [0.1, 0.15) is 0 Å². The molecule has 2 heterocycles. The minimum absolute atomic E-state index is 0.866. The van der Waals surface area contributed by atoms with Crippen LogP contribution in [-0.2, 0) is 4.57 Å². The first-order valence-electron chi connectivity index (χ1n) is 15.3. The first-order chi connectivity index (χ1) is 22.2. The number of benzene rings is 7. The van der Waals surface area contributed by atoms with E-state index in [1.54, 1.807) is 0 Å². The van der Waals surface area contributed by atoms with Crippen molar-refractivity contribution in [3.05, 3.63) is 187 Å². The molecular formula is C42H28NOP. The van der Waals surface area contributed by atoms with Crippen molar-refractivity contribution < 1.29 is 4.57 Å². The van der Waals surface area contributed by atoms with E-state index in [4.69, 9.17) is 0 Å². The third-order valence-electron chi connectivity index (χ3n) is 9.19. The van der Waals surface area contributed by atoms with Crippen molar-refractivity contribution >= 4 is 56.5 Å². The van der Waals surface area contributed by atoms with E-state index in [-0.39, 0.29) is 0 Å². The van der Waals surface area contributed by atoms with Crippen LogP contribution in [0.15, 0.2) is 170 Å². The molecule has 2 aliphatic rings. The SMILES string of the molecule is O=P1(c2ccc3ccccc3c2)C2=C(c3ccccc3N(c3cccc(-c4ccccc4)c3)c3ccccc32)c2ccccc21.